The van der Waals surface area contributed by atoms with Crippen LogP contribution in [0.3, 0.4) is 0 Å². The van der Waals surface area contributed by atoms with Crippen LogP contribution in [0.2, 0.25) is 0 Å². The maximum Gasteiger partial charge on any atom is 0.137 e. The van der Waals surface area contributed by atoms with E-state index in [0.29, 0.717) is 11.8 Å². The first kappa shape index (κ1) is 32.4. The van der Waals surface area contributed by atoms with Crippen LogP contribution < -0.4 is 4.74 Å². The predicted molar refractivity (Wildman–Crippen MR) is 204 cm³/mol. The summed E-state index contributed by atoms with van der Waals surface area (Å²) in [6.45, 7) is 20.0. The minimum absolute atomic E-state index is 0.318. The molecule has 0 aliphatic rings. The van der Waals surface area contributed by atoms with Crippen molar-refractivity contribution in [1.82, 2.24) is 19.3 Å². The molecule has 0 radical (unpaired) electrons. The zero-order chi connectivity index (χ0) is 34.6. The molecule has 0 saturated carbocycles. The van der Waals surface area contributed by atoms with Crippen molar-refractivity contribution in [1.29, 1.82) is 0 Å². The summed E-state index contributed by atoms with van der Waals surface area (Å²) in [5.74, 6) is 3.37. The van der Waals surface area contributed by atoms with E-state index in [1.165, 1.54) is 55.3 Å². The van der Waals surface area contributed by atoms with Crippen molar-refractivity contribution in [3.8, 4) is 34.1 Å². The van der Waals surface area contributed by atoms with Crippen LogP contribution in [0.5, 0.6) is 11.5 Å². The lowest BCUT2D eigenvalue weighted by molar-refractivity contribution is 0.481. The van der Waals surface area contributed by atoms with Gasteiger partial charge >= 0.3 is 0 Å². The number of para-hydroxylation sites is 1. The van der Waals surface area contributed by atoms with Gasteiger partial charge in [0.2, 0.25) is 0 Å². The number of rotatable bonds is 8. The van der Waals surface area contributed by atoms with Crippen molar-refractivity contribution >= 4 is 21.8 Å². The van der Waals surface area contributed by atoms with Gasteiger partial charge in [-0.05, 0) is 140 Å². The molecule has 0 spiro atoms. The highest BCUT2D eigenvalue weighted by Crippen LogP contribution is 2.37. The Labute approximate surface area is 290 Å². The molecule has 0 amide bonds. The molecule has 7 aromatic rings. The Hall–Kier alpha value is -5.16. The van der Waals surface area contributed by atoms with Crippen LogP contribution in [-0.2, 0) is 6.42 Å². The third-order valence-electron chi connectivity index (χ3n) is 10.3. The minimum atomic E-state index is 0.318. The summed E-state index contributed by atoms with van der Waals surface area (Å²) in [7, 11) is 0. The molecule has 3 heterocycles. The summed E-state index contributed by atoms with van der Waals surface area (Å²) in [5, 5.41) is 7.23. The smallest absolute Gasteiger partial charge is 0.137 e. The van der Waals surface area contributed by atoms with E-state index in [1.54, 1.807) is 0 Å². The predicted octanol–water partition coefficient (Wildman–Crippen LogP) is 11.7. The average Bonchev–Trinajstić information content (AvgIpc) is 3.69. The Balaban J connectivity index is 1.30. The SMILES string of the molecule is Cc1c(C)c(C)c(-c2cnn(-c3cc(Oc4ccc5c6ccccc6n(-c6cc(CC(C)C)ccn6)c5c4)cc(C(C)C)c3)c2)c(C)c1C. The molecule has 0 aliphatic carbocycles. The van der Waals surface area contributed by atoms with Crippen LogP contribution in [0, 0.1) is 40.5 Å². The normalized spacial score (nSPS) is 11.8. The molecule has 4 aromatic carbocycles. The monoisotopic (exact) mass is 646 g/mol. The van der Waals surface area contributed by atoms with Crippen LogP contribution in [-0.4, -0.2) is 19.3 Å². The Morgan fingerprint density at radius 2 is 1.41 bits per heavy atom. The number of pyridine rings is 1. The third kappa shape index (κ3) is 5.92. The molecule has 49 heavy (non-hydrogen) atoms. The molecule has 0 atom stereocenters. The van der Waals surface area contributed by atoms with E-state index in [2.05, 4.69) is 146 Å². The topological polar surface area (TPSA) is 44.9 Å². The van der Waals surface area contributed by atoms with Crippen molar-refractivity contribution in [2.45, 2.75) is 74.7 Å². The Kier molecular flexibility index (Phi) is 8.40. The van der Waals surface area contributed by atoms with Gasteiger partial charge in [-0.2, -0.15) is 5.10 Å². The largest absolute Gasteiger partial charge is 0.457 e. The number of ether oxygens (including phenoxy) is 1. The molecule has 0 N–H and O–H groups in total. The van der Waals surface area contributed by atoms with Gasteiger partial charge in [0.05, 0.1) is 22.9 Å². The number of hydrogen-bond acceptors (Lipinski definition) is 3. The second-order valence-corrected chi connectivity index (χ2v) is 14.3. The maximum atomic E-state index is 6.70. The fourth-order valence-corrected chi connectivity index (χ4v) is 7.23. The summed E-state index contributed by atoms with van der Waals surface area (Å²) >= 11 is 0. The van der Waals surface area contributed by atoms with Crippen LogP contribution >= 0.6 is 0 Å². The molecule has 5 nitrogen and oxygen atoms in total. The fraction of sp³-hybridized carbons (Fsp3) is 0.273. The lowest BCUT2D eigenvalue weighted by atomic mass is 9.87. The molecule has 3 aromatic heterocycles. The highest BCUT2D eigenvalue weighted by molar-refractivity contribution is 6.09. The molecule has 0 unspecified atom stereocenters. The van der Waals surface area contributed by atoms with E-state index in [0.717, 1.165) is 46.0 Å². The molecule has 0 bridgehead atoms. The highest BCUT2D eigenvalue weighted by atomic mass is 16.5. The number of nitrogens with zero attached hydrogens (tertiary/aromatic N) is 4. The zero-order valence-electron chi connectivity index (χ0n) is 30.2. The lowest BCUT2D eigenvalue weighted by Gasteiger charge is -2.17. The first-order chi connectivity index (χ1) is 23.5. The zero-order valence-corrected chi connectivity index (χ0v) is 30.2. The lowest BCUT2D eigenvalue weighted by Crippen LogP contribution is -2.01. The Bertz CT molecular complexity index is 2320. The van der Waals surface area contributed by atoms with Crippen molar-refractivity contribution in [3.63, 3.8) is 0 Å². The number of benzene rings is 4. The highest BCUT2D eigenvalue weighted by Gasteiger charge is 2.18. The van der Waals surface area contributed by atoms with Crippen molar-refractivity contribution in [2.75, 3.05) is 0 Å². The number of fused-ring (bicyclic) bond motifs is 3. The Morgan fingerprint density at radius 3 is 2.14 bits per heavy atom. The molecule has 5 heteroatoms. The molecule has 248 valence electrons. The van der Waals surface area contributed by atoms with E-state index in [1.807, 2.05) is 17.1 Å². The van der Waals surface area contributed by atoms with E-state index in [-0.39, 0.29) is 0 Å². The molecule has 0 fully saturated rings. The van der Waals surface area contributed by atoms with Gasteiger partial charge in [-0.15, -0.1) is 0 Å². The van der Waals surface area contributed by atoms with E-state index < -0.39 is 0 Å². The van der Waals surface area contributed by atoms with Crippen LogP contribution in [0.15, 0.2) is 91.4 Å². The van der Waals surface area contributed by atoms with Gasteiger partial charge in [-0.1, -0.05) is 45.9 Å². The van der Waals surface area contributed by atoms with Gasteiger partial charge in [0.15, 0.2) is 0 Å². The fourth-order valence-electron chi connectivity index (χ4n) is 7.23. The molecule has 0 saturated heterocycles. The molecular formula is C44H46N4O. The van der Waals surface area contributed by atoms with Gasteiger partial charge in [-0.3, -0.25) is 4.57 Å². The van der Waals surface area contributed by atoms with Crippen molar-refractivity contribution in [3.05, 3.63) is 130 Å². The van der Waals surface area contributed by atoms with Crippen LogP contribution in [0.25, 0.3) is 44.4 Å². The van der Waals surface area contributed by atoms with Crippen LogP contribution in [0.1, 0.15) is 72.6 Å². The third-order valence-corrected chi connectivity index (χ3v) is 10.3. The first-order valence-corrected chi connectivity index (χ1v) is 17.4. The molecular weight excluding hydrogens is 601 g/mol. The van der Waals surface area contributed by atoms with E-state index in [9.17, 15) is 0 Å². The standard InChI is InChI=1S/C44H46N4O/c1-26(2)18-33-16-17-45-43(19-33)48-41-13-11-10-12-39(41)40-15-14-37(23-42(40)48)49-38-21-34(27(3)4)20-36(22-38)47-25-35(24-46-47)44-31(8)29(6)28(5)30(7)32(44)9/h10-17,19-27H,18H2,1-9H3. The summed E-state index contributed by atoms with van der Waals surface area (Å²) < 4.78 is 10.9. The average molecular weight is 647 g/mol. The van der Waals surface area contributed by atoms with Gasteiger partial charge in [0.25, 0.3) is 0 Å². The van der Waals surface area contributed by atoms with Gasteiger partial charge in [-0.25, -0.2) is 9.67 Å². The van der Waals surface area contributed by atoms with Crippen molar-refractivity contribution < 1.29 is 4.74 Å². The van der Waals surface area contributed by atoms with Crippen LogP contribution in [0.4, 0.5) is 0 Å². The summed E-state index contributed by atoms with van der Waals surface area (Å²) in [4.78, 5) is 4.84. The van der Waals surface area contributed by atoms with E-state index in [4.69, 9.17) is 14.8 Å². The second-order valence-electron chi connectivity index (χ2n) is 14.3. The summed E-state index contributed by atoms with van der Waals surface area (Å²) in [6.07, 6.45) is 7.08. The van der Waals surface area contributed by atoms with Crippen molar-refractivity contribution in [2.24, 2.45) is 5.92 Å². The minimum Gasteiger partial charge on any atom is -0.457 e. The van der Waals surface area contributed by atoms with Gasteiger partial charge in [0.1, 0.15) is 17.3 Å². The molecule has 0 aliphatic heterocycles. The summed E-state index contributed by atoms with van der Waals surface area (Å²) in [5.41, 5.74) is 14.7. The Morgan fingerprint density at radius 1 is 0.694 bits per heavy atom. The van der Waals surface area contributed by atoms with E-state index >= 15 is 0 Å². The molecule has 7 rings (SSSR count). The quantitative estimate of drug-likeness (QED) is 0.165. The van der Waals surface area contributed by atoms with Gasteiger partial charge < -0.3 is 4.74 Å². The van der Waals surface area contributed by atoms with Gasteiger partial charge in [0, 0.05) is 40.9 Å². The second kappa shape index (κ2) is 12.7. The number of hydrogen-bond donors (Lipinski definition) is 0. The summed E-state index contributed by atoms with van der Waals surface area (Å²) in [6, 6.07) is 25.7. The first-order valence-electron chi connectivity index (χ1n) is 17.4. The number of aromatic nitrogens is 4. The maximum absolute atomic E-state index is 6.70.